The van der Waals surface area contributed by atoms with Crippen LogP contribution in [0, 0.1) is 0 Å². The highest BCUT2D eigenvalue weighted by Gasteiger charge is 2.54. The van der Waals surface area contributed by atoms with Crippen LogP contribution in [0.1, 0.15) is 27.7 Å². The second-order valence-corrected chi connectivity index (χ2v) is 12.4. The van der Waals surface area contributed by atoms with E-state index in [1.807, 2.05) is 0 Å². The molecule has 0 saturated carbocycles. The Labute approximate surface area is 282 Å². The van der Waals surface area contributed by atoms with E-state index in [2.05, 4.69) is 20.0 Å². The Bertz CT molecular complexity index is 1240. The zero-order chi connectivity index (χ0) is 34.9. The molecule has 252 valence electrons. The predicted molar refractivity (Wildman–Crippen MR) is 169 cm³/mol. The average molecular weight is 691 g/mol. The molecule has 0 saturated heterocycles. The van der Waals surface area contributed by atoms with Gasteiger partial charge < -0.3 is 36.9 Å². The lowest BCUT2D eigenvalue weighted by molar-refractivity contribution is -0.136. The van der Waals surface area contributed by atoms with E-state index in [4.69, 9.17) is 36.9 Å². The summed E-state index contributed by atoms with van der Waals surface area (Å²) in [5.41, 5.74) is -0.188. The van der Waals surface area contributed by atoms with Crippen molar-refractivity contribution in [2.45, 2.75) is 27.7 Å². The molecule has 0 fully saturated rings. The predicted octanol–water partition coefficient (Wildman–Crippen LogP) is 1.14. The zero-order valence-corrected chi connectivity index (χ0v) is 29.7. The van der Waals surface area contributed by atoms with Gasteiger partial charge in [-0.3, -0.25) is 20.0 Å². The number of carbonyl (C=O) groups is 4. The van der Waals surface area contributed by atoms with Crippen LogP contribution in [0.5, 0.6) is 0 Å². The number of nitrogens with zero attached hydrogens (tertiary/aromatic N) is 4. The fraction of sp³-hybridized carbons (Fsp3) is 0.429. The second kappa shape index (κ2) is 20.1. The summed E-state index contributed by atoms with van der Waals surface area (Å²) >= 11 is -7.21. The van der Waals surface area contributed by atoms with Crippen molar-refractivity contribution in [3.8, 4) is 0 Å². The van der Waals surface area contributed by atoms with Gasteiger partial charge >= 0.3 is 54.2 Å². The van der Waals surface area contributed by atoms with Crippen LogP contribution in [0.2, 0.25) is 0 Å². The Kier molecular flexibility index (Phi) is 16.6. The molecule has 0 aromatic carbocycles. The van der Waals surface area contributed by atoms with Gasteiger partial charge in [-0.15, -0.1) is 0 Å². The van der Waals surface area contributed by atoms with Gasteiger partial charge in [0.25, 0.3) is 0 Å². The molecule has 0 radical (unpaired) electrons. The first kappa shape index (κ1) is 38.9. The summed E-state index contributed by atoms with van der Waals surface area (Å²) in [6.45, 7) is 6.52. The van der Waals surface area contributed by atoms with Crippen LogP contribution in [0.15, 0.2) is 65.3 Å². The standard InChI is InChI=1S/2C14H20N2O6.2Al.O/c2*1-9(17)11(13(19)21-3)7-15-5-6-16-8-12(10(2)18)14(20)22-4;;;/h2*7-8,17-18H,5-6H2,1-4H3;;;/q;;2*+2;/p-4/b2*11-9+,12-10+,15-7?,16-8?;;;. The molecule has 0 unspecified atom stereocenters. The van der Waals surface area contributed by atoms with Gasteiger partial charge in [-0.25, -0.2) is 19.2 Å². The third kappa shape index (κ3) is 12.1. The number of esters is 4. The molecule has 0 aliphatic carbocycles. The number of ether oxygens (including phenoxy) is 4. The van der Waals surface area contributed by atoms with Gasteiger partial charge in [0.1, 0.15) is 22.3 Å². The van der Waals surface area contributed by atoms with E-state index >= 15 is 0 Å². The highest BCUT2D eigenvalue weighted by molar-refractivity contribution is 6.53. The molecule has 0 aromatic heterocycles. The van der Waals surface area contributed by atoms with E-state index in [0.717, 1.165) is 0 Å². The minimum Gasteiger partial charge on any atom is -0.592 e. The van der Waals surface area contributed by atoms with Gasteiger partial charge in [0.15, 0.2) is 0 Å². The molecule has 2 rings (SSSR count). The van der Waals surface area contributed by atoms with Gasteiger partial charge in [-0.05, 0) is 27.7 Å². The Morgan fingerprint density at radius 3 is 0.894 bits per heavy atom. The largest absolute Gasteiger partial charge is 1.07 e. The van der Waals surface area contributed by atoms with Crippen LogP contribution in [0.3, 0.4) is 0 Å². The first-order valence-corrected chi connectivity index (χ1v) is 16.8. The summed E-state index contributed by atoms with van der Waals surface area (Å²) in [5.74, 6) is -3.00. The first-order valence-electron chi connectivity index (χ1n) is 13.9. The molecule has 2 heterocycles. The highest BCUT2D eigenvalue weighted by atomic mass is 27.3. The molecule has 0 atom stereocenters. The molecule has 0 aromatic rings. The molecule has 0 bridgehead atoms. The van der Waals surface area contributed by atoms with Crippen LogP contribution in [0.25, 0.3) is 0 Å². The molecule has 0 spiro atoms. The number of rotatable bonds is 6. The Morgan fingerprint density at radius 2 is 0.702 bits per heavy atom. The van der Waals surface area contributed by atoms with Crippen molar-refractivity contribution < 1.29 is 56.1 Å². The van der Waals surface area contributed by atoms with Crippen molar-refractivity contribution in [3.63, 3.8) is 0 Å². The maximum atomic E-state index is 12.6. The Balaban J connectivity index is 2.77. The monoisotopic (exact) mass is 690 g/mol. The molecular weight excluding hydrogens is 654 g/mol. The third-order valence-electron chi connectivity index (χ3n) is 6.05. The smallest absolute Gasteiger partial charge is 0.592 e. The fourth-order valence-electron chi connectivity index (χ4n) is 3.52. The molecule has 17 nitrogen and oxygen atoms in total. The second-order valence-electron chi connectivity index (χ2n) is 9.17. The van der Waals surface area contributed by atoms with Gasteiger partial charge in [0, 0.05) is 24.9 Å². The summed E-state index contributed by atoms with van der Waals surface area (Å²) < 4.78 is 49.9. The maximum Gasteiger partial charge on any atom is 1.07 e. The summed E-state index contributed by atoms with van der Waals surface area (Å²) in [5, 5.41) is 0. The first-order chi connectivity index (χ1) is 22.5. The van der Waals surface area contributed by atoms with Crippen LogP contribution in [-0.4, -0.2) is 134 Å². The van der Waals surface area contributed by atoms with Gasteiger partial charge in [0.2, 0.25) is 0 Å². The average Bonchev–Trinajstić information content (AvgIpc) is 3.06. The number of methoxy groups -OCH3 is 4. The maximum absolute atomic E-state index is 12.6. The van der Waals surface area contributed by atoms with Gasteiger partial charge in [-0.2, -0.15) is 0 Å². The van der Waals surface area contributed by atoms with Crippen molar-refractivity contribution in [3.05, 3.63) is 45.3 Å². The number of aliphatic imine (C=N–C) groups is 4. The lowest BCUT2D eigenvalue weighted by Crippen LogP contribution is -2.39. The topological polar surface area (TPSA) is 201 Å². The van der Waals surface area contributed by atoms with E-state index in [1.54, 1.807) is 0 Å². The molecule has 2 aliphatic rings. The molecule has 19 heteroatoms. The van der Waals surface area contributed by atoms with Gasteiger partial charge in [0.05, 0.1) is 77.7 Å². The number of carbonyl (C=O) groups excluding carboxylic acids is 4. The number of hydrogen-bond acceptors (Lipinski definition) is 17. The number of allylic oxidation sites excluding steroid dienone is 4. The quantitative estimate of drug-likeness (QED) is 0.218. The third-order valence-corrected chi connectivity index (χ3v) is 10.0. The molecule has 47 heavy (non-hydrogen) atoms. The van der Waals surface area contributed by atoms with Crippen molar-refractivity contribution in [2.24, 2.45) is 20.0 Å². The van der Waals surface area contributed by atoms with E-state index in [0.29, 0.717) is 0 Å². The van der Waals surface area contributed by atoms with Crippen LogP contribution < -0.4 is 0 Å². The Hall–Kier alpha value is -4.26. The number of hydrogen-bond donors (Lipinski definition) is 0. The fourth-order valence-corrected chi connectivity index (χ4v) is 6.90. The Morgan fingerprint density at radius 1 is 0.489 bits per heavy atom. The summed E-state index contributed by atoms with van der Waals surface area (Å²) in [6, 6.07) is 0. The van der Waals surface area contributed by atoms with E-state index in [9.17, 15) is 19.2 Å². The molecule has 2 aliphatic heterocycles. The summed E-state index contributed by atoms with van der Waals surface area (Å²) in [4.78, 5) is 67.2. The van der Waals surface area contributed by atoms with E-state index in [-0.39, 0.29) is 71.5 Å². The summed E-state index contributed by atoms with van der Waals surface area (Å²) in [6.07, 6.45) is 5.03. The van der Waals surface area contributed by atoms with Crippen LogP contribution in [0.4, 0.5) is 0 Å². The van der Waals surface area contributed by atoms with Crippen molar-refractivity contribution in [2.75, 3.05) is 54.6 Å². The van der Waals surface area contributed by atoms with E-state index in [1.165, 1.54) is 81.0 Å². The van der Waals surface area contributed by atoms with Gasteiger partial charge in [-0.1, -0.05) is 0 Å². The van der Waals surface area contributed by atoms with Crippen molar-refractivity contribution >= 4 is 79.0 Å². The van der Waals surface area contributed by atoms with Crippen molar-refractivity contribution in [1.82, 2.24) is 0 Å². The lowest BCUT2D eigenvalue weighted by Gasteiger charge is -2.22. The SMILES string of the molecule is COC(=O)/C1=C(\C)[O][Al]([O][Al]2[O]/C(C)=C(/C(=O)OC)C=NCCN=C/C(C(=O)OC)=C(/C)[O]2)[O]/C(C)=C(/C(=O)OC)C=NCCN=C1. The lowest BCUT2D eigenvalue weighted by atomic mass is 10.2. The van der Waals surface area contributed by atoms with Crippen molar-refractivity contribution in [1.29, 1.82) is 0 Å². The molecule has 0 N–H and O–H groups in total. The molecular formula is C28H36Al2N4O13. The molecule has 0 amide bonds. The van der Waals surface area contributed by atoms with Crippen LogP contribution >= 0.6 is 0 Å². The minimum absolute atomic E-state index is 0.00721. The van der Waals surface area contributed by atoms with E-state index < -0.39 is 54.2 Å². The summed E-state index contributed by atoms with van der Waals surface area (Å²) in [7, 11) is 4.76. The van der Waals surface area contributed by atoms with Crippen LogP contribution in [-0.2, 0) is 56.1 Å². The minimum atomic E-state index is -3.61. The zero-order valence-electron chi connectivity index (χ0n) is 27.4. The highest BCUT2D eigenvalue weighted by Crippen LogP contribution is 2.20. The normalized spacial score (nSPS) is 23.1.